The van der Waals surface area contributed by atoms with Crippen molar-refractivity contribution in [2.75, 3.05) is 19.6 Å². The first-order valence-corrected chi connectivity index (χ1v) is 16.1. The van der Waals surface area contributed by atoms with Gasteiger partial charge in [-0.2, -0.15) is 0 Å². The first-order valence-electron chi connectivity index (χ1n) is 16.1. The molecule has 0 saturated carbocycles. The Morgan fingerprint density at radius 1 is 0.382 bits per heavy atom. The minimum Gasteiger partial charge on any atom is -0.317 e. The molecule has 0 radical (unpaired) electrons. The highest BCUT2D eigenvalue weighted by atomic mass is 14.9. The molecule has 0 aliphatic heterocycles. The Morgan fingerprint density at radius 2 is 0.706 bits per heavy atom. The molecule has 2 N–H and O–H groups in total. The van der Waals surface area contributed by atoms with Crippen molar-refractivity contribution in [3.63, 3.8) is 0 Å². The van der Waals surface area contributed by atoms with Crippen LogP contribution in [0.4, 0.5) is 0 Å². The normalized spacial score (nSPS) is 12.0. The Labute approximate surface area is 217 Å². The predicted molar refractivity (Wildman–Crippen MR) is 157 cm³/mol. The molecule has 2 heteroatoms. The number of nitrogens with one attached hydrogen (secondary N) is 2. The summed E-state index contributed by atoms with van der Waals surface area (Å²) in [6.45, 7) is 13.0. The van der Waals surface area contributed by atoms with Gasteiger partial charge in [-0.1, -0.05) is 142 Å². The summed E-state index contributed by atoms with van der Waals surface area (Å²) in [6, 6.07) is 0. The second-order valence-corrected chi connectivity index (χ2v) is 11.7. The molecule has 206 valence electrons. The second-order valence-electron chi connectivity index (χ2n) is 11.7. The average molecular weight is 481 g/mol. The number of hydrogen-bond acceptors (Lipinski definition) is 2. The van der Waals surface area contributed by atoms with E-state index in [-0.39, 0.29) is 0 Å². The molecule has 2 nitrogen and oxygen atoms in total. The lowest BCUT2D eigenvalue weighted by Gasteiger charge is -2.26. The molecule has 0 aromatic rings. The van der Waals surface area contributed by atoms with E-state index >= 15 is 0 Å². The second kappa shape index (κ2) is 27.5. The van der Waals surface area contributed by atoms with E-state index in [2.05, 4.69) is 38.3 Å². The zero-order valence-corrected chi connectivity index (χ0v) is 24.6. The molecule has 0 unspecified atom stereocenters. The van der Waals surface area contributed by atoms with Crippen molar-refractivity contribution in [2.45, 2.75) is 187 Å². The van der Waals surface area contributed by atoms with Crippen LogP contribution in [0.2, 0.25) is 0 Å². The Bertz CT molecular complexity index is 366. The number of unbranched alkanes of at least 4 members (excludes halogenated alkanes) is 20. The zero-order chi connectivity index (χ0) is 25.0. The number of hydrogen-bond donors (Lipinski definition) is 2. The highest BCUT2D eigenvalue weighted by Gasteiger charge is 2.15. The van der Waals surface area contributed by atoms with Crippen LogP contribution >= 0.6 is 0 Å². The van der Waals surface area contributed by atoms with Gasteiger partial charge in [0, 0.05) is 5.54 Å². The van der Waals surface area contributed by atoms with Gasteiger partial charge in [-0.15, -0.1) is 0 Å². The van der Waals surface area contributed by atoms with Gasteiger partial charge in [0.25, 0.3) is 0 Å². The van der Waals surface area contributed by atoms with Crippen LogP contribution < -0.4 is 10.6 Å². The lowest BCUT2D eigenvalue weighted by molar-refractivity contribution is 0.343. The summed E-state index contributed by atoms with van der Waals surface area (Å²) in [5.41, 5.74) is 0.308. The van der Waals surface area contributed by atoms with Gasteiger partial charge in [-0.3, -0.25) is 0 Å². The van der Waals surface area contributed by atoms with Crippen LogP contribution in [-0.4, -0.2) is 25.2 Å². The summed E-state index contributed by atoms with van der Waals surface area (Å²) in [4.78, 5) is 0. The lowest BCUT2D eigenvalue weighted by atomic mass is 9.96. The maximum atomic E-state index is 3.82. The van der Waals surface area contributed by atoms with E-state index in [1.54, 1.807) is 0 Å². The van der Waals surface area contributed by atoms with Crippen molar-refractivity contribution in [1.29, 1.82) is 0 Å². The minimum absolute atomic E-state index is 0.308. The molecule has 0 heterocycles. The van der Waals surface area contributed by atoms with E-state index in [0.717, 1.165) is 0 Å². The Hall–Kier alpha value is -0.0800. The molecule has 0 aromatic heterocycles. The molecular formula is C32H68N2. The van der Waals surface area contributed by atoms with E-state index in [4.69, 9.17) is 0 Å². The molecule has 0 spiro atoms. The van der Waals surface area contributed by atoms with Gasteiger partial charge in [0.05, 0.1) is 0 Å². The first kappa shape index (κ1) is 33.9. The van der Waals surface area contributed by atoms with Gasteiger partial charge in [0.15, 0.2) is 0 Å². The summed E-state index contributed by atoms with van der Waals surface area (Å²) in [7, 11) is 0. The van der Waals surface area contributed by atoms with Crippen LogP contribution in [0.15, 0.2) is 0 Å². The van der Waals surface area contributed by atoms with Crippen LogP contribution in [-0.2, 0) is 0 Å². The van der Waals surface area contributed by atoms with E-state index in [1.165, 1.54) is 174 Å². The van der Waals surface area contributed by atoms with Crippen molar-refractivity contribution in [2.24, 2.45) is 0 Å². The molecule has 0 saturated heterocycles. The molecule has 0 aliphatic carbocycles. The van der Waals surface area contributed by atoms with Gasteiger partial charge in [0.1, 0.15) is 0 Å². The van der Waals surface area contributed by atoms with Crippen LogP contribution in [0.5, 0.6) is 0 Å². The van der Waals surface area contributed by atoms with Gasteiger partial charge in [0.2, 0.25) is 0 Å². The van der Waals surface area contributed by atoms with E-state index in [9.17, 15) is 0 Å². The SMILES string of the molecule is CCCCCCCCCCCCNCCCCCC(C)(C)NCCCCCCCCCCCC. The van der Waals surface area contributed by atoms with E-state index < -0.39 is 0 Å². The molecule has 34 heavy (non-hydrogen) atoms. The fraction of sp³-hybridized carbons (Fsp3) is 1.00. The van der Waals surface area contributed by atoms with Crippen molar-refractivity contribution < 1.29 is 0 Å². The van der Waals surface area contributed by atoms with Crippen LogP contribution in [0, 0.1) is 0 Å². The summed E-state index contributed by atoms with van der Waals surface area (Å²) >= 11 is 0. The quantitative estimate of drug-likeness (QED) is 0.104. The topological polar surface area (TPSA) is 24.1 Å². The molecule has 0 aromatic carbocycles. The lowest BCUT2D eigenvalue weighted by Crippen LogP contribution is -2.39. The Morgan fingerprint density at radius 3 is 1.12 bits per heavy atom. The molecule has 0 bridgehead atoms. The van der Waals surface area contributed by atoms with Crippen LogP contribution in [0.25, 0.3) is 0 Å². The first-order chi connectivity index (χ1) is 16.6. The van der Waals surface area contributed by atoms with Gasteiger partial charge in [-0.05, 0) is 59.2 Å². The highest BCUT2D eigenvalue weighted by molar-refractivity contribution is 4.77. The molecular weight excluding hydrogens is 412 g/mol. The minimum atomic E-state index is 0.308. The monoisotopic (exact) mass is 481 g/mol. The average Bonchev–Trinajstić information content (AvgIpc) is 2.82. The van der Waals surface area contributed by atoms with Gasteiger partial charge in [-0.25, -0.2) is 0 Å². The molecule has 0 amide bonds. The van der Waals surface area contributed by atoms with Crippen LogP contribution in [0.1, 0.15) is 182 Å². The number of rotatable bonds is 29. The Balaban J connectivity index is 3.27. The fourth-order valence-corrected chi connectivity index (χ4v) is 4.98. The molecule has 0 rings (SSSR count). The molecule has 0 atom stereocenters. The smallest absolute Gasteiger partial charge is 0.0125 e. The van der Waals surface area contributed by atoms with Crippen LogP contribution in [0.3, 0.4) is 0 Å². The third-order valence-electron chi connectivity index (χ3n) is 7.50. The van der Waals surface area contributed by atoms with Gasteiger partial charge >= 0.3 is 0 Å². The standard InChI is InChI=1S/C32H68N2/c1-5-7-9-11-13-15-17-19-21-25-29-33-30-26-23-24-28-32(3,4)34-31-27-22-20-18-16-14-12-10-8-6-2/h33-34H,5-31H2,1-4H3. The maximum absolute atomic E-state index is 3.82. The summed E-state index contributed by atoms with van der Waals surface area (Å²) in [6.07, 6.45) is 33.9. The third kappa shape index (κ3) is 28.2. The third-order valence-corrected chi connectivity index (χ3v) is 7.50. The largest absolute Gasteiger partial charge is 0.317 e. The summed E-state index contributed by atoms with van der Waals surface area (Å²) < 4.78 is 0. The summed E-state index contributed by atoms with van der Waals surface area (Å²) in [5, 5.41) is 7.49. The van der Waals surface area contributed by atoms with Crippen molar-refractivity contribution in [1.82, 2.24) is 10.6 Å². The Kier molecular flexibility index (Phi) is 27.4. The van der Waals surface area contributed by atoms with Gasteiger partial charge < -0.3 is 10.6 Å². The van der Waals surface area contributed by atoms with Crippen molar-refractivity contribution in [3.05, 3.63) is 0 Å². The molecule has 0 aliphatic rings. The highest BCUT2D eigenvalue weighted by Crippen LogP contribution is 2.15. The van der Waals surface area contributed by atoms with Crippen molar-refractivity contribution >= 4 is 0 Å². The maximum Gasteiger partial charge on any atom is 0.0125 e. The predicted octanol–water partition coefficient (Wildman–Crippen LogP) is 10.3. The zero-order valence-electron chi connectivity index (χ0n) is 24.6. The van der Waals surface area contributed by atoms with Crippen molar-refractivity contribution in [3.8, 4) is 0 Å². The fourth-order valence-electron chi connectivity index (χ4n) is 4.98. The molecule has 0 fully saturated rings. The van der Waals surface area contributed by atoms with E-state index in [0.29, 0.717) is 5.54 Å². The van der Waals surface area contributed by atoms with E-state index in [1.807, 2.05) is 0 Å². The summed E-state index contributed by atoms with van der Waals surface area (Å²) in [5.74, 6) is 0.